The van der Waals surface area contributed by atoms with Gasteiger partial charge in [0.1, 0.15) is 5.82 Å². The molecule has 0 bridgehead atoms. The molecule has 1 aliphatic heterocycles. The predicted octanol–water partition coefficient (Wildman–Crippen LogP) is 3.79. The quantitative estimate of drug-likeness (QED) is 0.895. The van der Waals surface area contributed by atoms with Crippen molar-refractivity contribution in [2.24, 2.45) is 0 Å². The monoisotopic (exact) mass is 264 g/mol. The van der Waals surface area contributed by atoms with Gasteiger partial charge >= 0.3 is 0 Å². The van der Waals surface area contributed by atoms with Gasteiger partial charge in [0.25, 0.3) is 5.91 Å². The lowest BCUT2D eigenvalue weighted by Gasteiger charge is -2.32. The zero-order chi connectivity index (χ0) is 14.1. The van der Waals surface area contributed by atoms with E-state index in [1.54, 1.807) is 4.90 Å². The Bertz CT molecular complexity index is 691. The van der Waals surface area contributed by atoms with Gasteiger partial charge in [-0.2, -0.15) is 0 Å². The third-order valence-electron chi connectivity index (χ3n) is 3.52. The highest BCUT2D eigenvalue weighted by Gasteiger charge is 2.28. The van der Waals surface area contributed by atoms with Crippen LogP contribution < -0.4 is 10.2 Å². The highest BCUT2D eigenvalue weighted by Crippen LogP contribution is 2.32. The number of aryl methyl sites for hydroxylation is 1. The van der Waals surface area contributed by atoms with Crippen molar-refractivity contribution in [3.8, 4) is 0 Å². The summed E-state index contributed by atoms with van der Waals surface area (Å²) >= 11 is 0. The molecule has 1 aliphatic rings. The lowest BCUT2D eigenvalue weighted by Crippen LogP contribution is -2.38. The molecule has 0 radical (unpaired) electrons. The van der Waals surface area contributed by atoms with Gasteiger partial charge in [0.05, 0.1) is 16.9 Å². The summed E-state index contributed by atoms with van der Waals surface area (Å²) in [6.07, 6.45) is 0.870. The van der Waals surface area contributed by atoms with E-state index in [1.807, 2.05) is 48.5 Å². The second-order valence-electron chi connectivity index (χ2n) is 4.74. The Morgan fingerprint density at radius 1 is 1.10 bits per heavy atom. The van der Waals surface area contributed by atoms with Crippen molar-refractivity contribution < 1.29 is 4.79 Å². The largest absolute Gasteiger partial charge is 0.341 e. The normalized spacial score (nSPS) is 13.9. The SMILES string of the molecule is C=C1Nc2ccccc2C(=O)N1c1ccccc1CC. The standard InChI is InChI=1S/C17H16N2O/c1-3-13-8-4-7-11-16(13)19-12(2)18-15-10-6-5-9-14(15)17(19)20/h4-11,18H,2-3H2,1H3. The van der Waals surface area contributed by atoms with Crippen molar-refractivity contribution in [3.63, 3.8) is 0 Å². The van der Waals surface area contributed by atoms with E-state index in [0.717, 1.165) is 23.4 Å². The van der Waals surface area contributed by atoms with Crippen LogP contribution in [0.1, 0.15) is 22.8 Å². The molecular weight excluding hydrogens is 248 g/mol. The van der Waals surface area contributed by atoms with Crippen molar-refractivity contribution in [1.82, 2.24) is 0 Å². The molecule has 20 heavy (non-hydrogen) atoms. The fraction of sp³-hybridized carbons (Fsp3) is 0.118. The molecular formula is C17H16N2O. The van der Waals surface area contributed by atoms with Crippen molar-refractivity contribution in [1.29, 1.82) is 0 Å². The molecule has 1 N–H and O–H groups in total. The Morgan fingerprint density at radius 2 is 1.80 bits per heavy atom. The van der Waals surface area contributed by atoms with Crippen molar-refractivity contribution >= 4 is 17.3 Å². The molecule has 0 atom stereocenters. The summed E-state index contributed by atoms with van der Waals surface area (Å²) in [4.78, 5) is 14.4. The third-order valence-corrected chi connectivity index (χ3v) is 3.52. The van der Waals surface area contributed by atoms with Gasteiger partial charge in [-0.25, -0.2) is 0 Å². The van der Waals surface area contributed by atoms with E-state index < -0.39 is 0 Å². The number of amides is 1. The van der Waals surface area contributed by atoms with Crippen LogP contribution in [0.15, 0.2) is 60.9 Å². The highest BCUT2D eigenvalue weighted by atomic mass is 16.2. The molecule has 3 rings (SSSR count). The number of carbonyl (C=O) groups is 1. The number of benzene rings is 2. The highest BCUT2D eigenvalue weighted by molar-refractivity contribution is 6.14. The van der Waals surface area contributed by atoms with Crippen LogP contribution in [0, 0.1) is 0 Å². The van der Waals surface area contributed by atoms with Crippen LogP contribution >= 0.6 is 0 Å². The summed E-state index contributed by atoms with van der Waals surface area (Å²) in [7, 11) is 0. The summed E-state index contributed by atoms with van der Waals surface area (Å²) in [5.41, 5.74) is 3.51. The maximum atomic E-state index is 12.7. The van der Waals surface area contributed by atoms with Gasteiger partial charge in [0.2, 0.25) is 0 Å². The van der Waals surface area contributed by atoms with Crippen LogP contribution in [0.5, 0.6) is 0 Å². The van der Waals surface area contributed by atoms with E-state index in [0.29, 0.717) is 11.4 Å². The lowest BCUT2D eigenvalue weighted by molar-refractivity contribution is 0.0993. The van der Waals surface area contributed by atoms with Crippen LogP contribution in [0.2, 0.25) is 0 Å². The average Bonchev–Trinajstić information content (AvgIpc) is 2.48. The summed E-state index contributed by atoms with van der Waals surface area (Å²) in [5, 5.41) is 3.20. The average molecular weight is 264 g/mol. The minimum atomic E-state index is -0.0368. The first-order valence-corrected chi connectivity index (χ1v) is 6.69. The molecule has 1 amide bonds. The van der Waals surface area contributed by atoms with Gasteiger partial charge in [0.15, 0.2) is 0 Å². The minimum Gasteiger partial charge on any atom is -0.341 e. The Hall–Kier alpha value is -2.55. The predicted molar refractivity (Wildman–Crippen MR) is 81.8 cm³/mol. The summed E-state index contributed by atoms with van der Waals surface area (Å²) in [6.45, 7) is 6.07. The van der Waals surface area contributed by atoms with Gasteiger partial charge in [0, 0.05) is 0 Å². The number of nitrogens with one attached hydrogen (secondary N) is 1. The zero-order valence-corrected chi connectivity index (χ0v) is 11.4. The molecule has 3 heteroatoms. The summed E-state index contributed by atoms with van der Waals surface area (Å²) in [6, 6.07) is 15.4. The van der Waals surface area contributed by atoms with Gasteiger partial charge in [-0.05, 0) is 30.2 Å². The van der Waals surface area contributed by atoms with E-state index in [9.17, 15) is 4.79 Å². The van der Waals surface area contributed by atoms with E-state index in [-0.39, 0.29) is 5.91 Å². The second-order valence-corrected chi connectivity index (χ2v) is 4.74. The van der Waals surface area contributed by atoms with Gasteiger partial charge in [-0.3, -0.25) is 9.69 Å². The summed E-state index contributed by atoms with van der Waals surface area (Å²) in [5.74, 6) is 0.555. The Balaban J connectivity index is 2.11. The fourth-order valence-corrected chi connectivity index (χ4v) is 2.52. The Kier molecular flexibility index (Phi) is 3.03. The smallest absolute Gasteiger partial charge is 0.266 e. The fourth-order valence-electron chi connectivity index (χ4n) is 2.52. The Morgan fingerprint density at radius 3 is 2.60 bits per heavy atom. The van der Waals surface area contributed by atoms with E-state index in [4.69, 9.17) is 0 Å². The number of para-hydroxylation sites is 2. The first kappa shape index (κ1) is 12.5. The second kappa shape index (κ2) is 4.85. The molecule has 1 heterocycles. The topological polar surface area (TPSA) is 32.3 Å². The van der Waals surface area contributed by atoms with Crippen LogP contribution in [0.3, 0.4) is 0 Å². The molecule has 0 aliphatic carbocycles. The first-order chi connectivity index (χ1) is 9.72. The van der Waals surface area contributed by atoms with Crippen LogP contribution in [0.4, 0.5) is 11.4 Å². The number of anilines is 2. The molecule has 0 aromatic heterocycles. The number of fused-ring (bicyclic) bond motifs is 1. The third kappa shape index (κ3) is 1.88. The van der Waals surface area contributed by atoms with Gasteiger partial charge in [-0.15, -0.1) is 0 Å². The number of hydrogen-bond acceptors (Lipinski definition) is 2. The lowest BCUT2D eigenvalue weighted by atomic mass is 10.1. The maximum Gasteiger partial charge on any atom is 0.266 e. The molecule has 0 spiro atoms. The van der Waals surface area contributed by atoms with Crippen molar-refractivity contribution in [3.05, 3.63) is 72.1 Å². The molecule has 0 fully saturated rings. The van der Waals surface area contributed by atoms with Crippen molar-refractivity contribution in [2.45, 2.75) is 13.3 Å². The van der Waals surface area contributed by atoms with Crippen molar-refractivity contribution in [2.75, 3.05) is 10.2 Å². The number of nitrogens with zero attached hydrogens (tertiary/aromatic N) is 1. The van der Waals surface area contributed by atoms with Crippen LogP contribution in [-0.4, -0.2) is 5.91 Å². The van der Waals surface area contributed by atoms with Gasteiger partial charge in [-0.1, -0.05) is 43.8 Å². The first-order valence-electron chi connectivity index (χ1n) is 6.69. The molecule has 2 aromatic carbocycles. The van der Waals surface area contributed by atoms with E-state index >= 15 is 0 Å². The Labute approximate surface area is 118 Å². The van der Waals surface area contributed by atoms with E-state index in [2.05, 4.69) is 18.8 Å². The zero-order valence-electron chi connectivity index (χ0n) is 11.4. The molecule has 0 saturated carbocycles. The number of carbonyl (C=O) groups excluding carboxylic acids is 1. The summed E-state index contributed by atoms with van der Waals surface area (Å²) < 4.78 is 0. The van der Waals surface area contributed by atoms with Crippen LogP contribution in [-0.2, 0) is 6.42 Å². The molecule has 0 saturated heterocycles. The molecule has 3 nitrogen and oxygen atoms in total. The maximum absolute atomic E-state index is 12.7. The number of rotatable bonds is 2. The van der Waals surface area contributed by atoms with E-state index in [1.165, 1.54) is 0 Å². The van der Waals surface area contributed by atoms with Gasteiger partial charge < -0.3 is 5.32 Å². The molecule has 100 valence electrons. The minimum absolute atomic E-state index is 0.0368. The molecule has 2 aromatic rings. The van der Waals surface area contributed by atoms with Crippen LogP contribution in [0.25, 0.3) is 0 Å². The number of hydrogen-bond donors (Lipinski definition) is 1. The molecule has 0 unspecified atom stereocenters.